The fourth-order valence-electron chi connectivity index (χ4n) is 0. The third-order valence-corrected chi connectivity index (χ3v) is 0. The van der Waals surface area contributed by atoms with Gasteiger partial charge in [0.25, 0.3) is 0 Å². The molecule has 0 bridgehead atoms. The molecule has 0 fully saturated rings. The molecule has 0 aromatic heterocycles. The second kappa shape index (κ2) is 4.86. The summed E-state index contributed by atoms with van der Waals surface area (Å²) in [7, 11) is -4.67. The molecule has 0 heterocycles. The molecule has 0 saturated heterocycles. The normalized spacial score (nSPS) is 8.29. The third kappa shape index (κ3) is 293. The van der Waals surface area contributed by atoms with E-state index in [1.54, 1.807) is 0 Å². The molecule has 0 amide bonds. The van der Waals surface area contributed by atoms with Gasteiger partial charge >= 0.3 is 10.4 Å². The summed E-state index contributed by atoms with van der Waals surface area (Å²) in [6.07, 6.45) is 0. The maximum absolute atomic E-state index is 8.74. The van der Waals surface area contributed by atoms with Crippen LogP contribution in [0, 0.1) is 0 Å². The zero-order valence-electron chi connectivity index (χ0n) is 2.94. The van der Waals surface area contributed by atoms with Gasteiger partial charge in [-0.2, -0.15) is 21.9 Å². The fourth-order valence-corrected chi connectivity index (χ4v) is 0. The summed E-state index contributed by atoms with van der Waals surface area (Å²) in [5.41, 5.74) is 0. The van der Waals surface area contributed by atoms with Crippen molar-refractivity contribution >= 4 is 23.9 Å². The Morgan fingerprint density at radius 1 is 1.14 bits per heavy atom. The maximum atomic E-state index is 8.74. The molecule has 0 spiro atoms. The van der Waals surface area contributed by atoms with E-state index in [1.165, 1.54) is 0 Å². The molecule has 0 aromatic rings. The predicted molar refractivity (Wildman–Crippen MR) is 24.6 cm³/mol. The van der Waals surface area contributed by atoms with E-state index >= 15 is 0 Å². The van der Waals surface area contributed by atoms with Gasteiger partial charge in [0.2, 0.25) is 0 Å². The van der Waals surface area contributed by atoms with Gasteiger partial charge in [-0.25, -0.2) is 0 Å². The SMILES string of the molecule is O=S(=O)(O)O.S.[Ni]. The van der Waals surface area contributed by atoms with E-state index in [4.69, 9.17) is 17.5 Å². The van der Waals surface area contributed by atoms with Crippen LogP contribution in [0.1, 0.15) is 0 Å². The van der Waals surface area contributed by atoms with E-state index in [-0.39, 0.29) is 30.0 Å². The second-order valence-corrected chi connectivity index (χ2v) is 1.34. The molecular weight excluding hydrogens is 187 g/mol. The first kappa shape index (κ1) is 15.6. The molecular formula is H4NiO4S2. The van der Waals surface area contributed by atoms with Crippen LogP contribution < -0.4 is 0 Å². The molecule has 0 aliphatic rings. The van der Waals surface area contributed by atoms with Crippen molar-refractivity contribution in [2.75, 3.05) is 0 Å². The van der Waals surface area contributed by atoms with Gasteiger partial charge in [0.15, 0.2) is 0 Å². The topological polar surface area (TPSA) is 74.6 Å². The summed E-state index contributed by atoms with van der Waals surface area (Å²) >= 11 is 0. The van der Waals surface area contributed by atoms with Crippen molar-refractivity contribution in [2.45, 2.75) is 0 Å². The van der Waals surface area contributed by atoms with Crippen LogP contribution in [-0.4, -0.2) is 17.5 Å². The first-order valence-electron chi connectivity index (χ1n) is 0.698. The van der Waals surface area contributed by atoms with E-state index in [0.29, 0.717) is 0 Å². The summed E-state index contributed by atoms with van der Waals surface area (Å²) in [6.45, 7) is 0. The Labute approximate surface area is 58.2 Å². The molecule has 2 N–H and O–H groups in total. The molecule has 4 nitrogen and oxygen atoms in total. The van der Waals surface area contributed by atoms with E-state index < -0.39 is 10.4 Å². The minimum atomic E-state index is -4.67. The van der Waals surface area contributed by atoms with Gasteiger partial charge in [0.1, 0.15) is 0 Å². The number of hydrogen-bond acceptors (Lipinski definition) is 2. The van der Waals surface area contributed by atoms with E-state index in [0.717, 1.165) is 0 Å². The Morgan fingerprint density at radius 2 is 1.14 bits per heavy atom. The molecule has 0 aromatic carbocycles. The standard InChI is InChI=1S/Ni.H2O4S.H2S/c;1-5(2,3)4;/h;(H2,1,2,3,4);1H2. The van der Waals surface area contributed by atoms with Crippen molar-refractivity contribution in [3.63, 3.8) is 0 Å². The average molecular weight is 191 g/mol. The quantitative estimate of drug-likeness (QED) is 0.398. The third-order valence-electron chi connectivity index (χ3n) is 0. The summed E-state index contributed by atoms with van der Waals surface area (Å²) in [4.78, 5) is 0. The van der Waals surface area contributed by atoms with E-state index in [9.17, 15) is 0 Å². The van der Waals surface area contributed by atoms with Crippen LogP contribution in [-0.2, 0) is 26.9 Å². The fraction of sp³-hybridized carbons (Fsp3) is 0. The van der Waals surface area contributed by atoms with E-state index in [2.05, 4.69) is 0 Å². The summed E-state index contributed by atoms with van der Waals surface area (Å²) in [5, 5.41) is 0. The van der Waals surface area contributed by atoms with Crippen molar-refractivity contribution < 1.29 is 34.0 Å². The van der Waals surface area contributed by atoms with E-state index in [1.807, 2.05) is 0 Å². The van der Waals surface area contributed by atoms with Gasteiger partial charge < -0.3 is 0 Å². The summed E-state index contributed by atoms with van der Waals surface area (Å²) in [6, 6.07) is 0. The van der Waals surface area contributed by atoms with Crippen molar-refractivity contribution in [1.29, 1.82) is 0 Å². The second-order valence-electron chi connectivity index (χ2n) is 0.448. The molecule has 0 unspecified atom stereocenters. The van der Waals surface area contributed by atoms with Gasteiger partial charge in [-0.15, -0.1) is 0 Å². The molecule has 0 saturated carbocycles. The predicted octanol–water partition coefficient (Wildman–Crippen LogP) is -0.542. The van der Waals surface area contributed by atoms with Crippen LogP contribution in [0.4, 0.5) is 0 Å². The van der Waals surface area contributed by atoms with Crippen LogP contribution in [0.15, 0.2) is 0 Å². The molecule has 7 heavy (non-hydrogen) atoms. The van der Waals surface area contributed by atoms with Crippen LogP contribution in [0.5, 0.6) is 0 Å². The van der Waals surface area contributed by atoms with Gasteiger partial charge in [0, 0.05) is 16.5 Å². The first-order chi connectivity index (χ1) is 2.00. The van der Waals surface area contributed by atoms with Crippen molar-refractivity contribution in [1.82, 2.24) is 0 Å². The van der Waals surface area contributed by atoms with Crippen molar-refractivity contribution in [3.8, 4) is 0 Å². The maximum Gasteiger partial charge on any atom is 0.394 e. The number of rotatable bonds is 0. The number of hydrogen-bond donors (Lipinski definition) is 2. The largest absolute Gasteiger partial charge is 0.394 e. The Balaban J connectivity index is -0.0000000800. The summed E-state index contributed by atoms with van der Waals surface area (Å²) in [5.74, 6) is 0. The van der Waals surface area contributed by atoms with Crippen LogP contribution >= 0.6 is 13.5 Å². The Bertz CT molecular complexity index is 92.9. The first-order valence-corrected chi connectivity index (χ1v) is 2.10. The molecule has 0 aliphatic heterocycles. The smallest absolute Gasteiger partial charge is 0.264 e. The monoisotopic (exact) mass is 190 g/mol. The minimum Gasteiger partial charge on any atom is -0.264 e. The van der Waals surface area contributed by atoms with Crippen LogP contribution in [0.3, 0.4) is 0 Å². The Morgan fingerprint density at radius 3 is 1.14 bits per heavy atom. The molecule has 0 radical (unpaired) electrons. The average Bonchev–Trinajstić information content (AvgIpc) is 0.722. The molecule has 0 rings (SSSR count). The van der Waals surface area contributed by atoms with Gasteiger partial charge in [-0.3, -0.25) is 9.11 Å². The summed E-state index contributed by atoms with van der Waals surface area (Å²) < 4.78 is 31.6. The molecule has 50 valence electrons. The van der Waals surface area contributed by atoms with Gasteiger partial charge in [0.05, 0.1) is 0 Å². The zero-order valence-corrected chi connectivity index (χ0v) is 5.74. The van der Waals surface area contributed by atoms with Crippen LogP contribution in [0.25, 0.3) is 0 Å². The van der Waals surface area contributed by atoms with Crippen molar-refractivity contribution in [2.24, 2.45) is 0 Å². The van der Waals surface area contributed by atoms with Crippen molar-refractivity contribution in [3.05, 3.63) is 0 Å². The Hall–Kier alpha value is 0.714. The molecule has 0 aliphatic carbocycles. The van der Waals surface area contributed by atoms with Gasteiger partial charge in [-0.1, -0.05) is 0 Å². The molecule has 0 atom stereocenters. The zero-order chi connectivity index (χ0) is 4.50. The van der Waals surface area contributed by atoms with Gasteiger partial charge in [-0.05, 0) is 0 Å². The molecule has 7 heteroatoms. The Kier molecular flexibility index (Phi) is 10.9. The van der Waals surface area contributed by atoms with Crippen LogP contribution in [0.2, 0.25) is 0 Å². The minimum absolute atomic E-state index is 0.